The zero-order chi connectivity index (χ0) is 19.6. The fraction of sp³-hybridized carbons (Fsp3) is 0.318. The highest BCUT2D eigenvalue weighted by molar-refractivity contribution is 6.02. The fourth-order valence-electron chi connectivity index (χ4n) is 3.17. The van der Waals surface area contributed by atoms with Gasteiger partial charge in [0.05, 0.1) is 5.92 Å². The smallest absolute Gasteiger partial charge is 0.312 e. The van der Waals surface area contributed by atoms with Crippen LogP contribution in [0.3, 0.4) is 0 Å². The molecule has 5 heteroatoms. The van der Waals surface area contributed by atoms with Gasteiger partial charge in [-0.1, -0.05) is 36.4 Å². The van der Waals surface area contributed by atoms with Crippen molar-refractivity contribution >= 4 is 23.3 Å². The summed E-state index contributed by atoms with van der Waals surface area (Å²) in [5.74, 6) is -1.43. The Morgan fingerprint density at radius 2 is 1.78 bits per heavy atom. The highest BCUT2D eigenvalue weighted by Gasteiger charge is 2.37. The Kier molecular flexibility index (Phi) is 5.40. The van der Waals surface area contributed by atoms with Gasteiger partial charge >= 0.3 is 5.97 Å². The van der Waals surface area contributed by atoms with Crippen molar-refractivity contribution in [2.24, 2.45) is 5.92 Å². The van der Waals surface area contributed by atoms with E-state index < -0.39 is 18.0 Å². The minimum Gasteiger partial charge on any atom is -0.454 e. The van der Waals surface area contributed by atoms with Gasteiger partial charge in [-0.25, -0.2) is 0 Å². The summed E-state index contributed by atoms with van der Waals surface area (Å²) in [5.41, 5.74) is 3.52. The molecule has 0 N–H and O–H groups in total. The van der Waals surface area contributed by atoms with Crippen LogP contribution in [0.1, 0.15) is 34.8 Å². The first kappa shape index (κ1) is 18.8. The minimum atomic E-state index is -0.884. The summed E-state index contributed by atoms with van der Waals surface area (Å²) >= 11 is 0. The average Bonchev–Trinajstić information content (AvgIpc) is 3.06. The molecule has 0 aromatic heterocycles. The van der Waals surface area contributed by atoms with E-state index in [0.717, 1.165) is 16.8 Å². The van der Waals surface area contributed by atoms with Crippen LogP contribution in [0.4, 0.5) is 5.69 Å². The molecule has 5 nitrogen and oxygen atoms in total. The van der Waals surface area contributed by atoms with Gasteiger partial charge in [-0.3, -0.25) is 14.4 Å². The van der Waals surface area contributed by atoms with Gasteiger partial charge in [0.2, 0.25) is 11.7 Å². The molecule has 2 aromatic carbocycles. The van der Waals surface area contributed by atoms with E-state index in [4.69, 9.17) is 4.74 Å². The second-order valence-corrected chi connectivity index (χ2v) is 6.98. The van der Waals surface area contributed by atoms with Crippen LogP contribution in [0.2, 0.25) is 0 Å². The van der Waals surface area contributed by atoms with E-state index in [9.17, 15) is 14.4 Å². The molecule has 0 spiro atoms. The Hall–Kier alpha value is -2.95. The summed E-state index contributed by atoms with van der Waals surface area (Å²) in [6.45, 7) is 5.83. The number of Topliss-reactive ketones (excluding diaryl/α,β-unsaturated/α-hetero) is 1. The quantitative estimate of drug-likeness (QED) is 0.601. The predicted octanol–water partition coefficient (Wildman–Crippen LogP) is 3.47. The molecule has 27 heavy (non-hydrogen) atoms. The Labute approximate surface area is 158 Å². The van der Waals surface area contributed by atoms with Crippen molar-refractivity contribution < 1.29 is 19.1 Å². The Balaban J connectivity index is 1.65. The number of ether oxygens (including phenoxy) is 1. The lowest BCUT2D eigenvalue weighted by atomic mass is 10.1. The lowest BCUT2D eigenvalue weighted by molar-refractivity contribution is -0.151. The molecule has 0 saturated carbocycles. The molecule has 0 bridgehead atoms. The van der Waals surface area contributed by atoms with Crippen LogP contribution in [0.25, 0.3) is 0 Å². The predicted molar refractivity (Wildman–Crippen MR) is 103 cm³/mol. The van der Waals surface area contributed by atoms with Gasteiger partial charge < -0.3 is 9.64 Å². The van der Waals surface area contributed by atoms with Crippen molar-refractivity contribution in [2.45, 2.75) is 33.3 Å². The third kappa shape index (κ3) is 4.08. The minimum absolute atomic E-state index is 0.0952. The third-order valence-corrected chi connectivity index (χ3v) is 4.98. The van der Waals surface area contributed by atoms with Crippen LogP contribution in [0, 0.1) is 19.8 Å². The molecule has 140 valence electrons. The van der Waals surface area contributed by atoms with Crippen molar-refractivity contribution in [2.75, 3.05) is 11.4 Å². The molecule has 0 radical (unpaired) electrons. The first-order valence-electron chi connectivity index (χ1n) is 9.04. The molecule has 2 atom stereocenters. The van der Waals surface area contributed by atoms with E-state index in [-0.39, 0.29) is 24.7 Å². The molecule has 0 unspecified atom stereocenters. The SMILES string of the molecule is Cc1ccc(N2C[C@H](C(=O)O[C@@H](C)C(=O)c3ccccc3)CC2=O)cc1C. The maximum atomic E-state index is 12.5. The molecule has 1 fully saturated rings. The van der Waals surface area contributed by atoms with Crippen LogP contribution in [-0.2, 0) is 14.3 Å². The van der Waals surface area contributed by atoms with Crippen molar-refractivity contribution in [3.05, 3.63) is 65.2 Å². The van der Waals surface area contributed by atoms with E-state index in [1.165, 1.54) is 0 Å². The van der Waals surface area contributed by atoms with Crippen LogP contribution < -0.4 is 4.90 Å². The van der Waals surface area contributed by atoms with Gasteiger partial charge in [0, 0.05) is 24.2 Å². The molecule has 1 amide bonds. The molecular weight excluding hydrogens is 342 g/mol. The number of hydrogen-bond donors (Lipinski definition) is 0. The van der Waals surface area contributed by atoms with Gasteiger partial charge in [0.25, 0.3) is 0 Å². The molecule has 1 aliphatic heterocycles. The lowest BCUT2D eigenvalue weighted by Crippen LogP contribution is -2.30. The number of esters is 1. The number of amides is 1. The fourth-order valence-corrected chi connectivity index (χ4v) is 3.17. The highest BCUT2D eigenvalue weighted by atomic mass is 16.5. The first-order valence-corrected chi connectivity index (χ1v) is 9.04. The third-order valence-electron chi connectivity index (χ3n) is 4.98. The maximum absolute atomic E-state index is 12.5. The van der Waals surface area contributed by atoms with Crippen LogP contribution >= 0.6 is 0 Å². The monoisotopic (exact) mass is 365 g/mol. The number of aryl methyl sites for hydroxylation is 2. The summed E-state index contributed by atoms with van der Waals surface area (Å²) in [6.07, 6.45) is -0.788. The van der Waals surface area contributed by atoms with Gasteiger partial charge in [-0.2, -0.15) is 0 Å². The Bertz CT molecular complexity index is 875. The molecular formula is C22H23NO4. The first-order chi connectivity index (χ1) is 12.9. The number of carbonyl (C=O) groups is 3. The molecule has 1 heterocycles. The number of rotatable bonds is 5. The van der Waals surface area contributed by atoms with Crippen molar-refractivity contribution in [3.8, 4) is 0 Å². The summed E-state index contributed by atoms with van der Waals surface area (Å²) in [4.78, 5) is 38.8. The highest BCUT2D eigenvalue weighted by Crippen LogP contribution is 2.27. The molecule has 1 aliphatic rings. The lowest BCUT2D eigenvalue weighted by Gasteiger charge is -2.18. The normalized spacial score (nSPS) is 17.7. The topological polar surface area (TPSA) is 63.7 Å². The largest absolute Gasteiger partial charge is 0.454 e. The Morgan fingerprint density at radius 1 is 1.07 bits per heavy atom. The number of hydrogen-bond acceptors (Lipinski definition) is 4. The van der Waals surface area contributed by atoms with E-state index >= 15 is 0 Å². The van der Waals surface area contributed by atoms with Crippen molar-refractivity contribution in [3.63, 3.8) is 0 Å². The maximum Gasteiger partial charge on any atom is 0.312 e. The van der Waals surface area contributed by atoms with E-state index in [0.29, 0.717) is 5.56 Å². The van der Waals surface area contributed by atoms with Crippen molar-refractivity contribution in [1.82, 2.24) is 0 Å². The second-order valence-electron chi connectivity index (χ2n) is 6.98. The summed E-state index contributed by atoms with van der Waals surface area (Å²) in [5, 5.41) is 0. The summed E-state index contributed by atoms with van der Waals surface area (Å²) in [7, 11) is 0. The van der Waals surface area contributed by atoms with Crippen molar-refractivity contribution in [1.29, 1.82) is 0 Å². The molecule has 2 aromatic rings. The zero-order valence-corrected chi connectivity index (χ0v) is 15.8. The van der Waals surface area contributed by atoms with Crippen LogP contribution in [0.5, 0.6) is 0 Å². The van der Waals surface area contributed by atoms with Crippen LogP contribution in [-0.4, -0.2) is 30.3 Å². The van der Waals surface area contributed by atoms with E-state index in [1.807, 2.05) is 38.1 Å². The number of anilines is 1. The standard InChI is InChI=1S/C22H23NO4/c1-14-9-10-19(11-15(14)2)23-13-18(12-20(23)24)22(26)27-16(3)21(25)17-7-5-4-6-8-17/h4-11,16,18H,12-13H2,1-3H3/t16-,18+/m0/s1. The van der Waals surface area contributed by atoms with Gasteiger partial charge in [0.1, 0.15) is 0 Å². The van der Waals surface area contributed by atoms with Crippen LogP contribution in [0.15, 0.2) is 48.5 Å². The number of nitrogens with zero attached hydrogens (tertiary/aromatic N) is 1. The van der Waals surface area contributed by atoms with Gasteiger partial charge in [-0.05, 0) is 44.0 Å². The van der Waals surface area contributed by atoms with E-state index in [2.05, 4.69) is 0 Å². The Morgan fingerprint density at radius 3 is 2.44 bits per heavy atom. The number of benzene rings is 2. The molecule has 0 aliphatic carbocycles. The average molecular weight is 365 g/mol. The zero-order valence-electron chi connectivity index (χ0n) is 15.8. The second kappa shape index (κ2) is 7.74. The molecule has 3 rings (SSSR count). The number of carbonyl (C=O) groups excluding carboxylic acids is 3. The van der Waals surface area contributed by atoms with Gasteiger partial charge in [0.15, 0.2) is 6.10 Å². The summed E-state index contributed by atoms with van der Waals surface area (Å²) in [6, 6.07) is 14.5. The van der Waals surface area contributed by atoms with Gasteiger partial charge in [-0.15, -0.1) is 0 Å². The number of ketones is 1. The van der Waals surface area contributed by atoms with E-state index in [1.54, 1.807) is 36.1 Å². The molecule has 1 saturated heterocycles. The summed E-state index contributed by atoms with van der Waals surface area (Å²) < 4.78 is 5.36.